The van der Waals surface area contributed by atoms with Crippen molar-refractivity contribution in [1.29, 1.82) is 0 Å². The van der Waals surface area contributed by atoms with Gasteiger partial charge in [-0.25, -0.2) is 4.79 Å². The van der Waals surface area contributed by atoms with Crippen LogP contribution >= 0.6 is 23.4 Å². The molecule has 1 rings (SSSR count). The summed E-state index contributed by atoms with van der Waals surface area (Å²) in [6, 6.07) is 2.69. The van der Waals surface area contributed by atoms with E-state index in [0.717, 1.165) is 16.7 Å². The number of thioether (sulfide) groups is 1. The fourth-order valence-corrected chi connectivity index (χ4v) is 5.45. The highest BCUT2D eigenvalue weighted by molar-refractivity contribution is 7.99. The van der Waals surface area contributed by atoms with Crippen molar-refractivity contribution in [3.8, 4) is 0 Å². The minimum Gasteiger partial charge on any atom is -0.465 e. The molecule has 0 bridgehead atoms. The lowest BCUT2D eigenvalue weighted by Gasteiger charge is -2.17. The molecule has 0 amide bonds. The Morgan fingerprint density at radius 1 is 1.40 bits per heavy atom. The first-order valence-corrected chi connectivity index (χ1v) is 11.3. The quantitative estimate of drug-likeness (QED) is 0.372. The van der Waals surface area contributed by atoms with Crippen LogP contribution in [0.4, 0.5) is 11.4 Å². The monoisotopic (exact) mass is 332 g/mol. The first-order chi connectivity index (χ1) is 9.17. The topological polar surface area (TPSA) is 78.3 Å². The average Bonchev–Trinajstić information content (AvgIpc) is 2.35. The fraction of sp³-hybridized carbons (Fsp3) is 0.462. The Bertz CT molecular complexity index is 518. The summed E-state index contributed by atoms with van der Waals surface area (Å²) in [7, 11) is 0.190. The van der Waals surface area contributed by atoms with E-state index in [2.05, 4.69) is 24.4 Å². The lowest BCUT2D eigenvalue weighted by atomic mass is 10.1. The maximum Gasteiger partial charge on any atom is 0.340 e. The molecule has 0 saturated carbocycles. The van der Waals surface area contributed by atoms with Crippen LogP contribution in [0.25, 0.3) is 0 Å². The minimum atomic E-state index is -1.10. The zero-order chi connectivity index (χ0) is 15.5. The first-order valence-electron chi connectivity index (χ1n) is 6.26. The Labute approximate surface area is 130 Å². The summed E-state index contributed by atoms with van der Waals surface area (Å²) in [5.41, 5.74) is 12.8. The van der Waals surface area contributed by atoms with Crippen molar-refractivity contribution in [2.75, 3.05) is 24.3 Å². The molecule has 20 heavy (non-hydrogen) atoms. The molecule has 1 aromatic carbocycles. The largest absolute Gasteiger partial charge is 0.465 e. The number of nitrogens with two attached hydrogens (primary N) is 2. The highest BCUT2D eigenvalue weighted by Crippen LogP contribution is 2.39. The van der Waals surface area contributed by atoms with Crippen molar-refractivity contribution in [3.05, 3.63) is 16.7 Å². The molecule has 0 aliphatic heterocycles. The van der Waals surface area contributed by atoms with E-state index in [4.69, 9.17) is 23.1 Å². The minimum absolute atomic E-state index is 0.213. The standard InChI is InChI=1S/C13H21ClN2O2SSi/c1-18-13(17)8-7-9(15)12(10(14)11(8)16)19-5-6-20(2,3)4/h7H,5-6,15-16H2,1-4H3. The number of carbonyl (C=O) groups is 1. The number of nitrogen functional groups attached to an aromatic ring is 2. The van der Waals surface area contributed by atoms with E-state index in [-0.39, 0.29) is 11.3 Å². The normalized spacial score (nSPS) is 11.4. The predicted octanol–water partition coefficient (Wildman–Crippen LogP) is 3.72. The van der Waals surface area contributed by atoms with Crippen molar-refractivity contribution in [2.24, 2.45) is 0 Å². The van der Waals surface area contributed by atoms with Gasteiger partial charge in [-0.05, 0) is 17.9 Å². The van der Waals surface area contributed by atoms with E-state index in [1.54, 1.807) is 11.8 Å². The van der Waals surface area contributed by atoms with E-state index in [1.807, 2.05) is 0 Å². The SMILES string of the molecule is COC(=O)c1cc(N)c(SCC[Si](C)(C)C)c(Cl)c1N. The summed E-state index contributed by atoms with van der Waals surface area (Å²) in [5, 5.41) is 0.339. The second-order valence-corrected chi connectivity index (χ2v) is 12.8. The highest BCUT2D eigenvalue weighted by Gasteiger charge is 2.20. The number of ether oxygens (including phenoxy) is 1. The summed E-state index contributed by atoms with van der Waals surface area (Å²) in [6.07, 6.45) is 0. The smallest absolute Gasteiger partial charge is 0.340 e. The number of benzene rings is 1. The van der Waals surface area contributed by atoms with Gasteiger partial charge in [-0.2, -0.15) is 0 Å². The Morgan fingerprint density at radius 2 is 2.00 bits per heavy atom. The van der Waals surface area contributed by atoms with Gasteiger partial charge in [0.1, 0.15) is 0 Å². The Kier molecular flexibility index (Phi) is 5.79. The Morgan fingerprint density at radius 3 is 2.50 bits per heavy atom. The summed E-state index contributed by atoms with van der Waals surface area (Å²) in [5.74, 6) is 0.408. The van der Waals surface area contributed by atoms with Crippen LogP contribution in [0, 0.1) is 0 Å². The lowest BCUT2D eigenvalue weighted by Crippen LogP contribution is -2.19. The van der Waals surface area contributed by atoms with Crippen LogP contribution in [-0.2, 0) is 4.74 Å². The summed E-state index contributed by atoms with van der Waals surface area (Å²) >= 11 is 7.82. The van der Waals surface area contributed by atoms with E-state index in [0.29, 0.717) is 10.7 Å². The predicted molar refractivity (Wildman–Crippen MR) is 90.5 cm³/mol. The summed E-state index contributed by atoms with van der Waals surface area (Å²) in [4.78, 5) is 12.3. The van der Waals surface area contributed by atoms with E-state index in [1.165, 1.54) is 13.2 Å². The van der Waals surface area contributed by atoms with Crippen LogP contribution in [0.2, 0.25) is 30.7 Å². The van der Waals surface area contributed by atoms with Gasteiger partial charge in [-0.15, -0.1) is 11.8 Å². The number of anilines is 2. The molecule has 4 N–H and O–H groups in total. The molecule has 0 fully saturated rings. The van der Waals surface area contributed by atoms with Gasteiger partial charge >= 0.3 is 5.97 Å². The second kappa shape index (κ2) is 6.73. The third-order valence-corrected chi connectivity index (χ3v) is 6.55. The second-order valence-electron chi connectivity index (χ2n) is 5.72. The van der Waals surface area contributed by atoms with Gasteiger partial charge in [-0.3, -0.25) is 0 Å². The van der Waals surface area contributed by atoms with Crippen LogP contribution < -0.4 is 11.5 Å². The molecule has 7 heteroatoms. The van der Waals surface area contributed by atoms with Gasteiger partial charge in [0.15, 0.2) is 0 Å². The third kappa shape index (κ3) is 4.33. The van der Waals surface area contributed by atoms with Gasteiger partial charge in [-0.1, -0.05) is 31.2 Å². The molecule has 0 spiro atoms. The number of esters is 1. The molecule has 4 nitrogen and oxygen atoms in total. The van der Waals surface area contributed by atoms with Crippen molar-refractivity contribution in [2.45, 2.75) is 30.6 Å². The van der Waals surface area contributed by atoms with Gasteiger partial charge in [0.05, 0.1) is 28.3 Å². The molecule has 112 valence electrons. The van der Waals surface area contributed by atoms with E-state index in [9.17, 15) is 4.79 Å². The number of hydrogen-bond donors (Lipinski definition) is 2. The Balaban J connectivity index is 2.99. The Hall–Kier alpha value is -0.853. The van der Waals surface area contributed by atoms with Crippen LogP contribution in [0.3, 0.4) is 0 Å². The van der Waals surface area contributed by atoms with Gasteiger partial charge in [0.25, 0.3) is 0 Å². The van der Waals surface area contributed by atoms with E-state index < -0.39 is 14.0 Å². The van der Waals surface area contributed by atoms with Crippen molar-refractivity contribution in [3.63, 3.8) is 0 Å². The van der Waals surface area contributed by atoms with Crippen molar-refractivity contribution in [1.82, 2.24) is 0 Å². The number of carbonyl (C=O) groups excluding carboxylic acids is 1. The van der Waals surface area contributed by atoms with Crippen molar-refractivity contribution < 1.29 is 9.53 Å². The van der Waals surface area contributed by atoms with Crippen LogP contribution in [0.15, 0.2) is 11.0 Å². The van der Waals surface area contributed by atoms with Crippen LogP contribution in [-0.4, -0.2) is 26.9 Å². The maximum absolute atomic E-state index is 11.6. The number of methoxy groups -OCH3 is 1. The third-order valence-electron chi connectivity index (χ3n) is 2.79. The highest BCUT2D eigenvalue weighted by atomic mass is 35.5. The number of rotatable bonds is 5. The zero-order valence-electron chi connectivity index (χ0n) is 12.2. The van der Waals surface area contributed by atoms with Crippen LogP contribution in [0.1, 0.15) is 10.4 Å². The molecule has 0 heterocycles. The molecule has 0 saturated heterocycles. The van der Waals surface area contributed by atoms with Crippen LogP contribution in [0.5, 0.6) is 0 Å². The number of hydrogen-bond acceptors (Lipinski definition) is 5. The molecule has 0 unspecified atom stereocenters. The van der Waals surface area contributed by atoms with Gasteiger partial charge < -0.3 is 16.2 Å². The molecule has 0 aromatic heterocycles. The van der Waals surface area contributed by atoms with Gasteiger partial charge in [0, 0.05) is 13.8 Å². The molecule has 0 radical (unpaired) electrons. The molecule has 0 aliphatic carbocycles. The molecular formula is C13H21ClN2O2SSi. The number of halogens is 1. The molecule has 1 aromatic rings. The lowest BCUT2D eigenvalue weighted by molar-refractivity contribution is 0.0602. The average molecular weight is 333 g/mol. The van der Waals surface area contributed by atoms with Crippen molar-refractivity contribution >= 4 is 48.8 Å². The summed E-state index contributed by atoms with van der Waals surface area (Å²) in [6.45, 7) is 6.94. The zero-order valence-corrected chi connectivity index (χ0v) is 14.8. The molecule has 0 aliphatic rings. The van der Waals surface area contributed by atoms with Gasteiger partial charge in [0.2, 0.25) is 0 Å². The fourth-order valence-electron chi connectivity index (χ4n) is 1.55. The maximum atomic E-state index is 11.6. The first kappa shape index (κ1) is 17.2. The molecule has 0 atom stereocenters. The molecular weight excluding hydrogens is 312 g/mol. The summed E-state index contributed by atoms with van der Waals surface area (Å²) < 4.78 is 4.66. The van der Waals surface area contributed by atoms with E-state index >= 15 is 0 Å².